The molecule has 140 valence electrons. The van der Waals surface area contributed by atoms with E-state index < -0.39 is 36.5 Å². The Kier molecular flexibility index (Phi) is 4.97. The van der Waals surface area contributed by atoms with Crippen LogP contribution in [0.25, 0.3) is 11.2 Å². The number of aliphatic hydroxyl groups is 2. The average molecular weight is 367 g/mol. The van der Waals surface area contributed by atoms with Crippen LogP contribution in [0.4, 0.5) is 5.82 Å². The molecular formula is C14H17N5O7. The third-order valence-corrected chi connectivity index (χ3v) is 3.95. The van der Waals surface area contributed by atoms with Crippen molar-refractivity contribution >= 4 is 28.9 Å². The summed E-state index contributed by atoms with van der Waals surface area (Å²) in [5.74, 6) is -1.71. The first-order chi connectivity index (χ1) is 12.4. The van der Waals surface area contributed by atoms with Crippen LogP contribution in [0.2, 0.25) is 0 Å². The number of nitrogens with two attached hydrogens (primary N) is 1. The summed E-state index contributed by atoms with van der Waals surface area (Å²) in [6, 6.07) is 0. The predicted molar refractivity (Wildman–Crippen MR) is 83.5 cm³/mol. The number of aromatic nitrogens is 4. The van der Waals surface area contributed by atoms with Crippen LogP contribution in [0.15, 0.2) is 12.7 Å². The SMILES string of the molecule is Nc1ncnc2c1ncn2[C@@H]1O[C@H](COC(=O)CCC(=O)O)[C@@H](O)[C@@H]1O. The number of esters is 1. The number of nitrogens with zero attached hydrogens (tertiary/aromatic N) is 4. The van der Waals surface area contributed by atoms with Crippen molar-refractivity contribution in [2.75, 3.05) is 12.3 Å². The van der Waals surface area contributed by atoms with Crippen LogP contribution in [-0.2, 0) is 19.1 Å². The van der Waals surface area contributed by atoms with Gasteiger partial charge in [0.1, 0.15) is 36.8 Å². The molecule has 2 aromatic heterocycles. The lowest BCUT2D eigenvalue weighted by Crippen LogP contribution is -2.34. The summed E-state index contributed by atoms with van der Waals surface area (Å²) in [5, 5.41) is 28.9. The first kappa shape index (κ1) is 18.0. The van der Waals surface area contributed by atoms with Gasteiger partial charge in [0.15, 0.2) is 17.7 Å². The number of fused-ring (bicyclic) bond motifs is 1. The van der Waals surface area contributed by atoms with E-state index in [-0.39, 0.29) is 25.3 Å². The van der Waals surface area contributed by atoms with Crippen LogP contribution >= 0.6 is 0 Å². The highest BCUT2D eigenvalue weighted by atomic mass is 16.6. The minimum absolute atomic E-state index is 0.158. The normalized spacial score (nSPS) is 25.5. The number of anilines is 1. The fourth-order valence-corrected chi connectivity index (χ4v) is 2.61. The second kappa shape index (κ2) is 7.19. The standard InChI is InChI=1S/C14H17N5O7/c15-12-9-13(17-4-16-12)19(5-18-9)14-11(24)10(23)6(26-14)3-25-8(22)2-1-7(20)21/h4-6,10-11,14,23-24H,1-3H2,(H,20,21)(H2,15,16,17)/t6-,10-,11+,14-/m1/s1. The first-order valence-corrected chi connectivity index (χ1v) is 7.70. The lowest BCUT2D eigenvalue weighted by molar-refractivity contribution is -0.152. The van der Waals surface area contributed by atoms with Crippen molar-refractivity contribution in [3.05, 3.63) is 12.7 Å². The van der Waals surface area contributed by atoms with Crippen molar-refractivity contribution in [2.45, 2.75) is 37.4 Å². The number of imidazole rings is 1. The summed E-state index contributed by atoms with van der Waals surface area (Å²) in [6.07, 6.45) is -2.76. The van der Waals surface area contributed by atoms with Gasteiger partial charge < -0.3 is 30.5 Å². The van der Waals surface area contributed by atoms with Gasteiger partial charge in [-0.05, 0) is 0 Å². The molecule has 0 bridgehead atoms. The Morgan fingerprint density at radius 3 is 2.73 bits per heavy atom. The van der Waals surface area contributed by atoms with E-state index in [4.69, 9.17) is 20.3 Å². The largest absolute Gasteiger partial charge is 0.481 e. The molecule has 2 aromatic rings. The molecule has 12 heteroatoms. The van der Waals surface area contributed by atoms with Crippen molar-refractivity contribution in [1.29, 1.82) is 0 Å². The second-order valence-electron chi connectivity index (χ2n) is 5.71. The first-order valence-electron chi connectivity index (χ1n) is 7.70. The van der Waals surface area contributed by atoms with Gasteiger partial charge in [-0.25, -0.2) is 15.0 Å². The number of carboxylic acid groups (broad SMARTS) is 1. The molecule has 0 unspecified atom stereocenters. The van der Waals surface area contributed by atoms with Gasteiger partial charge in [-0.1, -0.05) is 0 Å². The van der Waals surface area contributed by atoms with E-state index in [1.54, 1.807) is 0 Å². The number of aliphatic carboxylic acids is 1. The number of carbonyl (C=O) groups excluding carboxylic acids is 1. The maximum absolute atomic E-state index is 11.5. The molecule has 0 saturated carbocycles. The highest BCUT2D eigenvalue weighted by molar-refractivity contribution is 5.81. The summed E-state index contributed by atoms with van der Waals surface area (Å²) in [7, 11) is 0. The maximum Gasteiger partial charge on any atom is 0.306 e. The third kappa shape index (κ3) is 3.42. The van der Waals surface area contributed by atoms with E-state index in [9.17, 15) is 19.8 Å². The quantitative estimate of drug-likeness (QED) is 0.433. The molecule has 3 heterocycles. The number of aliphatic hydroxyl groups excluding tert-OH is 2. The van der Waals surface area contributed by atoms with Crippen molar-refractivity contribution in [2.24, 2.45) is 0 Å². The molecule has 0 spiro atoms. The van der Waals surface area contributed by atoms with Crippen molar-refractivity contribution < 1.29 is 34.4 Å². The van der Waals surface area contributed by atoms with Gasteiger partial charge in [0.2, 0.25) is 0 Å². The van der Waals surface area contributed by atoms with Crippen LogP contribution in [0.3, 0.4) is 0 Å². The summed E-state index contributed by atoms with van der Waals surface area (Å²) in [6.45, 7) is -0.336. The molecule has 4 atom stereocenters. The van der Waals surface area contributed by atoms with E-state index in [1.165, 1.54) is 17.2 Å². The van der Waals surface area contributed by atoms with E-state index >= 15 is 0 Å². The molecule has 1 fully saturated rings. The van der Waals surface area contributed by atoms with Gasteiger partial charge in [-0.15, -0.1) is 0 Å². The van der Waals surface area contributed by atoms with E-state index in [0.717, 1.165) is 0 Å². The monoisotopic (exact) mass is 367 g/mol. The van der Waals surface area contributed by atoms with Crippen molar-refractivity contribution in [1.82, 2.24) is 19.5 Å². The summed E-state index contributed by atoms with van der Waals surface area (Å²) >= 11 is 0. The lowest BCUT2D eigenvalue weighted by atomic mass is 10.1. The van der Waals surface area contributed by atoms with E-state index in [2.05, 4.69) is 15.0 Å². The molecule has 1 saturated heterocycles. The number of hydrogen-bond acceptors (Lipinski definition) is 10. The Morgan fingerprint density at radius 2 is 2.00 bits per heavy atom. The van der Waals surface area contributed by atoms with Crippen LogP contribution in [0, 0.1) is 0 Å². The minimum atomic E-state index is -1.33. The van der Waals surface area contributed by atoms with Crippen LogP contribution in [0.1, 0.15) is 19.1 Å². The molecule has 0 amide bonds. The maximum atomic E-state index is 11.5. The van der Waals surface area contributed by atoms with Gasteiger partial charge >= 0.3 is 11.9 Å². The Labute approximate surface area is 146 Å². The Balaban J connectivity index is 1.68. The fourth-order valence-electron chi connectivity index (χ4n) is 2.61. The molecular weight excluding hydrogens is 350 g/mol. The lowest BCUT2D eigenvalue weighted by Gasteiger charge is -2.16. The van der Waals surface area contributed by atoms with Crippen molar-refractivity contribution in [3.63, 3.8) is 0 Å². The number of nitrogen functional groups attached to an aromatic ring is 1. The summed E-state index contributed by atoms with van der Waals surface area (Å²) < 4.78 is 11.9. The molecule has 3 rings (SSSR count). The summed E-state index contributed by atoms with van der Waals surface area (Å²) in [5.41, 5.74) is 6.34. The van der Waals surface area contributed by atoms with Crippen molar-refractivity contribution in [3.8, 4) is 0 Å². The zero-order chi connectivity index (χ0) is 18.8. The van der Waals surface area contributed by atoms with Crippen LogP contribution in [-0.4, -0.2) is 71.7 Å². The van der Waals surface area contributed by atoms with Gasteiger partial charge in [0.05, 0.1) is 19.2 Å². The predicted octanol–water partition coefficient (Wildman–Crippen LogP) is -1.56. The minimum Gasteiger partial charge on any atom is -0.481 e. The molecule has 1 aliphatic heterocycles. The highest BCUT2D eigenvalue weighted by Crippen LogP contribution is 2.32. The van der Waals surface area contributed by atoms with E-state index in [1.807, 2.05) is 0 Å². The molecule has 1 aliphatic rings. The van der Waals surface area contributed by atoms with E-state index in [0.29, 0.717) is 11.2 Å². The van der Waals surface area contributed by atoms with Gasteiger partial charge in [-0.2, -0.15) is 0 Å². The Morgan fingerprint density at radius 1 is 1.23 bits per heavy atom. The molecule has 0 aromatic carbocycles. The molecule has 5 N–H and O–H groups in total. The molecule has 0 aliphatic carbocycles. The number of carbonyl (C=O) groups is 2. The average Bonchev–Trinajstić information content (AvgIpc) is 3.15. The zero-order valence-electron chi connectivity index (χ0n) is 13.4. The van der Waals surface area contributed by atoms with Crippen LogP contribution in [0.5, 0.6) is 0 Å². The second-order valence-corrected chi connectivity index (χ2v) is 5.71. The number of hydrogen-bond donors (Lipinski definition) is 4. The molecule has 12 nitrogen and oxygen atoms in total. The number of ether oxygens (including phenoxy) is 2. The third-order valence-electron chi connectivity index (χ3n) is 3.95. The molecule has 26 heavy (non-hydrogen) atoms. The smallest absolute Gasteiger partial charge is 0.306 e. The number of carboxylic acids is 1. The topological polar surface area (TPSA) is 183 Å². The van der Waals surface area contributed by atoms with Gasteiger partial charge in [0, 0.05) is 0 Å². The van der Waals surface area contributed by atoms with Gasteiger partial charge in [-0.3, -0.25) is 14.2 Å². The van der Waals surface area contributed by atoms with Gasteiger partial charge in [0.25, 0.3) is 0 Å². The van der Waals surface area contributed by atoms with Crippen LogP contribution < -0.4 is 5.73 Å². The Bertz CT molecular complexity index is 825. The fraction of sp³-hybridized carbons (Fsp3) is 0.500. The number of rotatable bonds is 6. The Hall–Kier alpha value is -2.83. The highest BCUT2D eigenvalue weighted by Gasteiger charge is 2.44. The molecule has 0 radical (unpaired) electrons. The zero-order valence-corrected chi connectivity index (χ0v) is 13.4. The summed E-state index contributed by atoms with van der Waals surface area (Å²) in [4.78, 5) is 33.8.